The highest BCUT2D eigenvalue weighted by molar-refractivity contribution is 7.90. The topological polar surface area (TPSA) is 81.1 Å². The Morgan fingerprint density at radius 2 is 2.24 bits per heavy atom. The van der Waals surface area contributed by atoms with Gasteiger partial charge in [-0.1, -0.05) is 6.92 Å². The quantitative estimate of drug-likeness (QED) is 0.839. The largest absolute Gasteiger partial charge is 0.274 e. The molecule has 17 heavy (non-hydrogen) atoms. The van der Waals surface area contributed by atoms with Crippen molar-refractivity contribution in [1.29, 1.82) is 0 Å². The Morgan fingerprint density at radius 3 is 2.71 bits per heavy atom. The Kier molecular flexibility index (Phi) is 2.94. The van der Waals surface area contributed by atoms with Crippen LogP contribution in [0.2, 0.25) is 0 Å². The SMILES string of the molecule is CC(C(=O)NS(=O)(=O)c1cnn(C)c1)C1CC1. The predicted molar refractivity (Wildman–Crippen MR) is 60.4 cm³/mol. The Hall–Kier alpha value is -1.37. The van der Waals surface area contributed by atoms with Crippen molar-refractivity contribution in [3.05, 3.63) is 12.4 Å². The van der Waals surface area contributed by atoms with Crippen molar-refractivity contribution in [2.24, 2.45) is 18.9 Å². The summed E-state index contributed by atoms with van der Waals surface area (Å²) in [5.74, 6) is -0.350. The average Bonchev–Trinajstić information content (AvgIpc) is 2.99. The number of aryl methyl sites for hydroxylation is 1. The molecule has 1 atom stereocenters. The van der Waals surface area contributed by atoms with Crippen molar-refractivity contribution < 1.29 is 13.2 Å². The first-order valence-electron chi connectivity index (χ1n) is 5.45. The molecule has 1 unspecified atom stereocenters. The van der Waals surface area contributed by atoms with Crippen molar-refractivity contribution in [1.82, 2.24) is 14.5 Å². The Bertz CT molecular complexity index is 531. The molecule has 1 aromatic rings. The summed E-state index contributed by atoms with van der Waals surface area (Å²) in [7, 11) is -2.15. The van der Waals surface area contributed by atoms with Gasteiger partial charge in [0.05, 0.1) is 6.20 Å². The Balaban J connectivity index is 2.09. The van der Waals surface area contributed by atoms with E-state index in [1.807, 2.05) is 0 Å². The van der Waals surface area contributed by atoms with Gasteiger partial charge < -0.3 is 0 Å². The molecule has 1 N–H and O–H groups in total. The van der Waals surface area contributed by atoms with Crippen LogP contribution in [0.25, 0.3) is 0 Å². The van der Waals surface area contributed by atoms with E-state index in [1.54, 1.807) is 14.0 Å². The van der Waals surface area contributed by atoms with Crippen molar-refractivity contribution in [2.75, 3.05) is 0 Å². The molecule has 1 aliphatic rings. The summed E-state index contributed by atoms with van der Waals surface area (Å²) < 4.78 is 27.1. The number of aromatic nitrogens is 2. The zero-order chi connectivity index (χ0) is 12.6. The first-order chi connectivity index (χ1) is 7.90. The van der Waals surface area contributed by atoms with E-state index < -0.39 is 15.9 Å². The van der Waals surface area contributed by atoms with Crippen LogP contribution < -0.4 is 4.72 Å². The average molecular weight is 257 g/mol. The summed E-state index contributed by atoms with van der Waals surface area (Å²) in [6.45, 7) is 1.76. The fraction of sp³-hybridized carbons (Fsp3) is 0.600. The zero-order valence-electron chi connectivity index (χ0n) is 9.75. The highest BCUT2D eigenvalue weighted by atomic mass is 32.2. The zero-order valence-corrected chi connectivity index (χ0v) is 10.6. The number of hydrogen-bond acceptors (Lipinski definition) is 4. The number of amides is 1. The molecule has 1 heterocycles. The molecule has 0 radical (unpaired) electrons. The summed E-state index contributed by atoms with van der Waals surface area (Å²) in [6.07, 6.45) is 4.58. The van der Waals surface area contributed by atoms with Crippen molar-refractivity contribution in [3.8, 4) is 0 Å². The fourth-order valence-electron chi connectivity index (χ4n) is 1.63. The Morgan fingerprint density at radius 1 is 1.59 bits per heavy atom. The van der Waals surface area contributed by atoms with E-state index in [9.17, 15) is 13.2 Å². The van der Waals surface area contributed by atoms with Gasteiger partial charge in [0.2, 0.25) is 5.91 Å². The lowest BCUT2D eigenvalue weighted by atomic mass is 10.1. The lowest BCUT2D eigenvalue weighted by Crippen LogP contribution is -2.35. The second-order valence-corrected chi connectivity index (χ2v) is 6.13. The predicted octanol–water partition coefficient (Wildman–Crippen LogP) is 0.271. The number of nitrogens with one attached hydrogen (secondary N) is 1. The van der Waals surface area contributed by atoms with Crippen LogP contribution in [-0.4, -0.2) is 24.1 Å². The van der Waals surface area contributed by atoms with E-state index in [4.69, 9.17) is 0 Å². The molecule has 0 aliphatic heterocycles. The highest BCUT2D eigenvalue weighted by Crippen LogP contribution is 2.36. The third kappa shape index (κ3) is 2.66. The van der Waals surface area contributed by atoms with Crippen LogP contribution in [0.1, 0.15) is 19.8 Å². The molecule has 1 fully saturated rings. The molecule has 1 aromatic heterocycles. The summed E-state index contributed by atoms with van der Waals surface area (Å²) in [5, 5.41) is 3.77. The van der Waals surface area contributed by atoms with E-state index in [2.05, 4.69) is 9.82 Å². The van der Waals surface area contributed by atoms with Gasteiger partial charge in [0.25, 0.3) is 10.0 Å². The van der Waals surface area contributed by atoms with Gasteiger partial charge in [0.15, 0.2) is 0 Å². The summed E-state index contributed by atoms with van der Waals surface area (Å²) in [4.78, 5) is 11.7. The minimum absolute atomic E-state index is 0.0105. The smallest absolute Gasteiger partial charge is 0.267 e. The number of sulfonamides is 1. The summed E-state index contributed by atoms with van der Waals surface area (Å²) in [6, 6.07) is 0. The molecule has 1 aliphatic carbocycles. The standard InChI is InChI=1S/C10H15N3O3S/c1-7(8-3-4-8)10(14)12-17(15,16)9-5-11-13(2)6-9/h5-8H,3-4H2,1-2H3,(H,12,14). The molecule has 0 aromatic carbocycles. The molecule has 0 saturated heterocycles. The minimum Gasteiger partial charge on any atom is -0.274 e. The highest BCUT2D eigenvalue weighted by Gasteiger charge is 2.34. The molecular weight excluding hydrogens is 242 g/mol. The number of nitrogens with zero attached hydrogens (tertiary/aromatic N) is 2. The van der Waals surface area contributed by atoms with Crippen LogP contribution in [0.4, 0.5) is 0 Å². The van der Waals surface area contributed by atoms with Crippen molar-refractivity contribution in [3.63, 3.8) is 0 Å². The van der Waals surface area contributed by atoms with Crippen LogP contribution in [0, 0.1) is 11.8 Å². The fourth-order valence-corrected chi connectivity index (χ4v) is 2.68. The Labute approximate surface area is 100 Å². The monoisotopic (exact) mass is 257 g/mol. The van der Waals surface area contributed by atoms with Gasteiger partial charge in [-0.25, -0.2) is 13.1 Å². The normalized spacial score (nSPS) is 17.8. The van der Waals surface area contributed by atoms with Crippen LogP contribution in [0.5, 0.6) is 0 Å². The van der Waals surface area contributed by atoms with Gasteiger partial charge in [0, 0.05) is 19.2 Å². The van der Waals surface area contributed by atoms with E-state index in [0.29, 0.717) is 5.92 Å². The van der Waals surface area contributed by atoms with Gasteiger partial charge in [-0.05, 0) is 18.8 Å². The van der Waals surface area contributed by atoms with E-state index in [1.165, 1.54) is 17.1 Å². The van der Waals surface area contributed by atoms with Gasteiger partial charge in [-0.15, -0.1) is 0 Å². The van der Waals surface area contributed by atoms with Gasteiger partial charge >= 0.3 is 0 Å². The molecule has 1 amide bonds. The molecule has 0 bridgehead atoms. The summed E-state index contributed by atoms with van der Waals surface area (Å²) in [5.41, 5.74) is 0. The molecule has 2 rings (SSSR count). The third-order valence-electron chi connectivity index (χ3n) is 2.97. The maximum atomic E-state index is 11.8. The van der Waals surface area contributed by atoms with Gasteiger partial charge in [0.1, 0.15) is 4.90 Å². The van der Waals surface area contributed by atoms with E-state index >= 15 is 0 Å². The number of carbonyl (C=O) groups excluding carboxylic acids is 1. The molecule has 1 saturated carbocycles. The van der Waals surface area contributed by atoms with E-state index in [-0.39, 0.29) is 10.8 Å². The lowest BCUT2D eigenvalue weighted by Gasteiger charge is -2.10. The number of rotatable bonds is 4. The van der Waals surface area contributed by atoms with Crippen LogP contribution in [-0.2, 0) is 21.9 Å². The first kappa shape index (κ1) is 12.1. The number of hydrogen-bond donors (Lipinski definition) is 1. The first-order valence-corrected chi connectivity index (χ1v) is 6.94. The summed E-state index contributed by atoms with van der Waals surface area (Å²) >= 11 is 0. The minimum atomic E-state index is -3.77. The van der Waals surface area contributed by atoms with E-state index in [0.717, 1.165) is 12.8 Å². The molecule has 94 valence electrons. The third-order valence-corrected chi connectivity index (χ3v) is 4.27. The second kappa shape index (κ2) is 4.14. The lowest BCUT2D eigenvalue weighted by molar-refractivity contribution is -0.123. The maximum absolute atomic E-state index is 11.8. The maximum Gasteiger partial charge on any atom is 0.267 e. The van der Waals surface area contributed by atoms with Crippen molar-refractivity contribution in [2.45, 2.75) is 24.7 Å². The van der Waals surface area contributed by atoms with Gasteiger partial charge in [-0.2, -0.15) is 5.10 Å². The molecule has 7 heteroatoms. The van der Waals surface area contributed by atoms with Crippen LogP contribution in [0.3, 0.4) is 0 Å². The van der Waals surface area contributed by atoms with Crippen LogP contribution in [0.15, 0.2) is 17.3 Å². The van der Waals surface area contributed by atoms with Crippen LogP contribution >= 0.6 is 0 Å². The molecular formula is C10H15N3O3S. The second-order valence-electron chi connectivity index (χ2n) is 4.45. The molecule has 6 nitrogen and oxygen atoms in total. The van der Waals surface area contributed by atoms with Gasteiger partial charge in [-0.3, -0.25) is 9.48 Å². The van der Waals surface area contributed by atoms with Crippen molar-refractivity contribution >= 4 is 15.9 Å². The number of carbonyl (C=O) groups is 1. The molecule has 0 spiro atoms.